The number of carbonyl (C=O) groups is 1. The Balaban J connectivity index is 1.49. The number of hydrogen-bond donors (Lipinski definition) is 1. The molecule has 4 aromatic rings. The number of rotatable bonds is 3. The highest BCUT2D eigenvalue weighted by Gasteiger charge is 2.36. The first-order valence-corrected chi connectivity index (χ1v) is 13.1. The highest BCUT2D eigenvalue weighted by molar-refractivity contribution is 7.15. The maximum absolute atomic E-state index is 14.0. The number of fused-ring (bicyclic) bond motifs is 5. The second kappa shape index (κ2) is 9.10. The predicted molar refractivity (Wildman–Crippen MR) is 141 cm³/mol. The smallest absolute Gasteiger partial charge is 0.323 e. The summed E-state index contributed by atoms with van der Waals surface area (Å²) in [5.41, 5.74) is 5.42. The number of thiophene rings is 1. The van der Waals surface area contributed by atoms with Crippen LogP contribution in [0, 0.1) is 0 Å². The molecule has 2 aliphatic rings. The van der Waals surface area contributed by atoms with Gasteiger partial charge in [-0.2, -0.15) is 0 Å². The van der Waals surface area contributed by atoms with Gasteiger partial charge in [0, 0.05) is 21.7 Å². The molecule has 0 spiro atoms. The molecule has 0 radical (unpaired) electrons. The normalized spacial score (nSPS) is 16.6. The number of carbonyl (C=O) groups excluding carboxylic acids is 1. The van der Waals surface area contributed by atoms with Gasteiger partial charge in [0.25, 0.3) is 0 Å². The maximum atomic E-state index is 14.0. The van der Waals surface area contributed by atoms with Gasteiger partial charge in [0.2, 0.25) is 0 Å². The lowest BCUT2D eigenvalue weighted by Gasteiger charge is -2.31. The highest BCUT2D eigenvalue weighted by Crippen LogP contribution is 2.44. The quantitative estimate of drug-likeness (QED) is 0.321. The molecule has 5 nitrogen and oxygen atoms in total. The Morgan fingerprint density at radius 1 is 1.06 bits per heavy atom. The van der Waals surface area contributed by atoms with Crippen LogP contribution in [-0.2, 0) is 19.4 Å². The molecule has 35 heavy (non-hydrogen) atoms. The average Bonchev–Trinajstić information content (AvgIpc) is 3.46. The highest BCUT2D eigenvalue weighted by atomic mass is 35.5. The van der Waals surface area contributed by atoms with E-state index in [4.69, 9.17) is 16.3 Å². The number of nitrogens with zero attached hydrogens (tertiary/aromatic N) is 2. The van der Waals surface area contributed by atoms with Crippen LogP contribution in [0.15, 0.2) is 66.9 Å². The fourth-order valence-electron chi connectivity index (χ4n) is 5.34. The van der Waals surface area contributed by atoms with Crippen molar-refractivity contribution in [2.24, 2.45) is 0 Å². The Morgan fingerprint density at radius 3 is 2.71 bits per heavy atom. The zero-order valence-electron chi connectivity index (χ0n) is 19.5. The van der Waals surface area contributed by atoms with E-state index in [1.165, 1.54) is 33.8 Å². The van der Waals surface area contributed by atoms with Crippen molar-refractivity contribution in [2.45, 2.75) is 38.3 Å². The van der Waals surface area contributed by atoms with Gasteiger partial charge in [-0.05, 0) is 67.1 Å². The number of amides is 2. The Morgan fingerprint density at radius 2 is 1.89 bits per heavy atom. The molecule has 1 aliphatic carbocycles. The molecule has 178 valence electrons. The number of nitrogens with one attached hydrogen (secondary N) is 1. The molecular formula is C28H26ClN3O2S. The average molecular weight is 504 g/mol. The van der Waals surface area contributed by atoms with Crippen molar-refractivity contribution in [1.82, 2.24) is 9.47 Å². The van der Waals surface area contributed by atoms with Gasteiger partial charge in [0.1, 0.15) is 10.8 Å². The van der Waals surface area contributed by atoms with Crippen molar-refractivity contribution >= 4 is 34.7 Å². The molecule has 0 saturated heterocycles. The number of anilines is 1. The van der Waals surface area contributed by atoms with E-state index >= 15 is 0 Å². The lowest BCUT2D eigenvalue weighted by atomic mass is 9.95. The fraction of sp³-hybridized carbons (Fsp3) is 0.250. The van der Waals surface area contributed by atoms with Gasteiger partial charge >= 0.3 is 6.03 Å². The van der Waals surface area contributed by atoms with E-state index in [2.05, 4.69) is 40.3 Å². The SMILES string of the molecule is COc1ccc(Cl)cc1NC(=O)N1Cc2c(sc3c2CCCC3)-n2cccc2[C@@H]1c1ccccc1. The molecule has 0 unspecified atom stereocenters. The van der Waals surface area contributed by atoms with Crippen LogP contribution in [0.5, 0.6) is 5.75 Å². The molecule has 2 amide bonds. The monoisotopic (exact) mass is 503 g/mol. The van der Waals surface area contributed by atoms with E-state index in [1.807, 2.05) is 34.4 Å². The largest absolute Gasteiger partial charge is 0.495 e. The third-order valence-corrected chi connectivity index (χ3v) is 8.53. The van der Waals surface area contributed by atoms with E-state index in [-0.39, 0.29) is 12.1 Å². The number of urea groups is 1. The summed E-state index contributed by atoms with van der Waals surface area (Å²) in [4.78, 5) is 17.4. The molecule has 3 heterocycles. The zero-order valence-corrected chi connectivity index (χ0v) is 21.0. The van der Waals surface area contributed by atoms with Gasteiger partial charge in [0.15, 0.2) is 0 Å². The third kappa shape index (κ3) is 3.91. The summed E-state index contributed by atoms with van der Waals surface area (Å²) in [6.07, 6.45) is 6.76. The van der Waals surface area contributed by atoms with E-state index < -0.39 is 0 Å². The fourth-order valence-corrected chi connectivity index (χ4v) is 6.91. The van der Waals surface area contributed by atoms with E-state index in [0.717, 1.165) is 24.1 Å². The van der Waals surface area contributed by atoms with Gasteiger partial charge in [-0.1, -0.05) is 41.9 Å². The Labute approximate surface area is 213 Å². The first kappa shape index (κ1) is 22.3. The lowest BCUT2D eigenvalue weighted by Crippen LogP contribution is -2.38. The second-order valence-electron chi connectivity index (χ2n) is 9.01. The van der Waals surface area contributed by atoms with Crippen LogP contribution in [0.2, 0.25) is 5.02 Å². The summed E-state index contributed by atoms with van der Waals surface area (Å²) in [7, 11) is 1.59. The van der Waals surface area contributed by atoms with Crippen LogP contribution >= 0.6 is 22.9 Å². The van der Waals surface area contributed by atoms with Crippen LogP contribution in [0.1, 0.15) is 46.1 Å². The topological polar surface area (TPSA) is 46.5 Å². The number of halogens is 1. The Hall–Kier alpha value is -3.22. The summed E-state index contributed by atoms with van der Waals surface area (Å²) in [5, 5.41) is 4.88. The number of benzene rings is 2. The van der Waals surface area contributed by atoms with E-state index in [0.29, 0.717) is 23.0 Å². The number of aromatic nitrogens is 1. The minimum Gasteiger partial charge on any atom is -0.495 e. The summed E-state index contributed by atoms with van der Waals surface area (Å²) in [6.45, 7) is 0.539. The van der Waals surface area contributed by atoms with Crippen LogP contribution in [-0.4, -0.2) is 22.6 Å². The van der Waals surface area contributed by atoms with Crippen molar-refractivity contribution in [3.05, 3.63) is 99.1 Å². The maximum Gasteiger partial charge on any atom is 0.323 e. The van der Waals surface area contributed by atoms with Crippen LogP contribution in [0.4, 0.5) is 10.5 Å². The van der Waals surface area contributed by atoms with Crippen molar-refractivity contribution in [3.63, 3.8) is 0 Å². The first-order chi connectivity index (χ1) is 17.1. The van der Waals surface area contributed by atoms with Gasteiger partial charge in [-0.25, -0.2) is 4.79 Å². The molecule has 6 rings (SSSR count). The molecule has 0 saturated carbocycles. The van der Waals surface area contributed by atoms with Crippen molar-refractivity contribution in [2.75, 3.05) is 12.4 Å². The summed E-state index contributed by atoms with van der Waals surface area (Å²) < 4.78 is 7.79. The molecule has 0 fully saturated rings. The van der Waals surface area contributed by atoms with E-state index in [1.54, 1.807) is 25.3 Å². The molecule has 1 N–H and O–H groups in total. The van der Waals surface area contributed by atoms with Gasteiger partial charge < -0.3 is 19.5 Å². The summed E-state index contributed by atoms with van der Waals surface area (Å²) in [5.74, 6) is 0.575. The predicted octanol–water partition coefficient (Wildman–Crippen LogP) is 7.22. The number of aryl methyl sites for hydroxylation is 1. The molecule has 7 heteroatoms. The van der Waals surface area contributed by atoms with Crippen molar-refractivity contribution in [1.29, 1.82) is 0 Å². The first-order valence-electron chi connectivity index (χ1n) is 11.9. The third-order valence-electron chi connectivity index (χ3n) is 6.96. The van der Waals surface area contributed by atoms with Crippen LogP contribution < -0.4 is 10.1 Å². The number of hydrogen-bond acceptors (Lipinski definition) is 3. The minimum absolute atomic E-state index is 0.184. The molecule has 2 aromatic heterocycles. The van der Waals surface area contributed by atoms with Gasteiger partial charge in [-0.3, -0.25) is 0 Å². The van der Waals surface area contributed by atoms with Crippen molar-refractivity contribution < 1.29 is 9.53 Å². The molecule has 1 aliphatic heterocycles. The Bertz CT molecular complexity index is 1390. The second-order valence-corrected chi connectivity index (χ2v) is 10.5. The van der Waals surface area contributed by atoms with Gasteiger partial charge in [0.05, 0.1) is 31.1 Å². The molecule has 1 atom stereocenters. The number of ether oxygens (including phenoxy) is 1. The molecular weight excluding hydrogens is 478 g/mol. The van der Waals surface area contributed by atoms with Crippen LogP contribution in [0.3, 0.4) is 0 Å². The van der Waals surface area contributed by atoms with Crippen molar-refractivity contribution in [3.8, 4) is 10.8 Å². The van der Waals surface area contributed by atoms with E-state index in [9.17, 15) is 4.79 Å². The summed E-state index contributed by atoms with van der Waals surface area (Å²) >= 11 is 8.14. The number of methoxy groups -OCH3 is 1. The lowest BCUT2D eigenvalue weighted by molar-refractivity contribution is 0.194. The van der Waals surface area contributed by atoms with Gasteiger partial charge in [-0.15, -0.1) is 11.3 Å². The zero-order chi connectivity index (χ0) is 23.9. The van der Waals surface area contributed by atoms with Crippen LogP contribution in [0.25, 0.3) is 5.00 Å². The standard InChI is InChI=1S/C28H26ClN3O2S/c1-34-24-14-13-19(29)16-22(24)30-28(33)32-17-21-20-10-5-6-12-25(20)35-27(21)31-15-7-11-23(31)26(32)18-8-3-2-4-9-18/h2-4,7-9,11,13-16,26H,5-6,10,12,17H2,1H3,(H,30,33)/t26-/m0/s1. The Kier molecular flexibility index (Phi) is 5.78. The molecule has 2 aromatic carbocycles. The minimum atomic E-state index is -0.241. The summed E-state index contributed by atoms with van der Waals surface area (Å²) in [6, 6.07) is 19.3. The molecule has 0 bridgehead atoms.